The summed E-state index contributed by atoms with van der Waals surface area (Å²) in [5.41, 5.74) is 8.37. The van der Waals surface area contributed by atoms with E-state index in [4.69, 9.17) is 10.5 Å². The molecule has 4 N–H and O–H groups in total. The van der Waals surface area contributed by atoms with E-state index in [0.717, 1.165) is 46.1 Å². The van der Waals surface area contributed by atoms with E-state index in [1.54, 1.807) is 25.1 Å². The molecule has 0 radical (unpaired) electrons. The molecule has 7 heteroatoms. The van der Waals surface area contributed by atoms with Gasteiger partial charge in [0.05, 0.1) is 22.9 Å². The molecule has 1 unspecified atom stereocenters. The molecule has 31 heavy (non-hydrogen) atoms. The minimum Gasteiger partial charge on any atom is -0.492 e. The molecule has 166 valence electrons. The van der Waals surface area contributed by atoms with E-state index in [-0.39, 0.29) is 11.7 Å². The molecule has 0 amide bonds. The van der Waals surface area contributed by atoms with E-state index in [2.05, 4.69) is 29.5 Å². The number of aromatic nitrogens is 1. The van der Waals surface area contributed by atoms with E-state index in [1.165, 1.54) is 0 Å². The van der Waals surface area contributed by atoms with Gasteiger partial charge in [-0.3, -0.25) is 0 Å². The highest BCUT2D eigenvalue weighted by Crippen LogP contribution is 2.37. The van der Waals surface area contributed by atoms with E-state index < -0.39 is 9.84 Å². The van der Waals surface area contributed by atoms with Crippen molar-refractivity contribution >= 4 is 28.3 Å². The molecule has 0 saturated carbocycles. The van der Waals surface area contributed by atoms with Gasteiger partial charge in [-0.25, -0.2) is 8.42 Å². The van der Waals surface area contributed by atoms with Crippen LogP contribution in [0.25, 0.3) is 18.4 Å². The summed E-state index contributed by atoms with van der Waals surface area (Å²) in [5, 5.41) is 4.84. The number of hydrogen-bond donors (Lipinski definition) is 3. The molecule has 0 bridgehead atoms. The number of rotatable bonds is 10. The predicted molar refractivity (Wildman–Crippen MR) is 126 cm³/mol. The number of aromatic amines is 1. The third kappa shape index (κ3) is 5.01. The molecule has 2 aromatic rings. The van der Waals surface area contributed by atoms with Crippen molar-refractivity contribution in [2.75, 3.05) is 25.6 Å². The topological polar surface area (TPSA) is 97.2 Å². The molecule has 1 heterocycles. The van der Waals surface area contributed by atoms with Crippen molar-refractivity contribution in [1.29, 1.82) is 0 Å². The summed E-state index contributed by atoms with van der Waals surface area (Å²) in [4.78, 5) is 3.72. The predicted octanol–water partition coefficient (Wildman–Crippen LogP) is 1.97. The van der Waals surface area contributed by atoms with Gasteiger partial charge in [-0.15, -0.1) is 0 Å². The second kappa shape index (κ2) is 10.1. The summed E-state index contributed by atoms with van der Waals surface area (Å²) in [7, 11) is -3.28. The van der Waals surface area contributed by atoms with Crippen LogP contribution in [-0.4, -0.2) is 39.0 Å². The molecule has 3 rings (SSSR count). The summed E-state index contributed by atoms with van der Waals surface area (Å²) >= 11 is 0. The van der Waals surface area contributed by atoms with E-state index in [1.807, 2.05) is 18.2 Å². The number of fused-ring (bicyclic) bond motifs is 1. The van der Waals surface area contributed by atoms with Crippen molar-refractivity contribution in [3.05, 3.63) is 70.4 Å². The average molecular weight is 442 g/mol. The minimum atomic E-state index is -3.28. The largest absolute Gasteiger partial charge is 0.492 e. The van der Waals surface area contributed by atoms with Crippen molar-refractivity contribution in [3.63, 3.8) is 0 Å². The van der Waals surface area contributed by atoms with Gasteiger partial charge in [0.25, 0.3) is 0 Å². The summed E-state index contributed by atoms with van der Waals surface area (Å²) in [5.74, 6) is 0.863. The van der Waals surface area contributed by atoms with Gasteiger partial charge in [-0.2, -0.15) is 0 Å². The highest BCUT2D eigenvalue weighted by molar-refractivity contribution is 7.91. The molecule has 1 aliphatic rings. The maximum absolute atomic E-state index is 12.4. The fourth-order valence-electron chi connectivity index (χ4n) is 3.90. The van der Waals surface area contributed by atoms with Gasteiger partial charge in [0.15, 0.2) is 9.84 Å². The normalized spacial score (nSPS) is 16.6. The van der Waals surface area contributed by atoms with Gasteiger partial charge in [0.2, 0.25) is 0 Å². The molecular weight excluding hydrogens is 410 g/mol. The Morgan fingerprint density at radius 1 is 1.39 bits per heavy atom. The van der Waals surface area contributed by atoms with Crippen molar-refractivity contribution in [2.45, 2.75) is 30.6 Å². The van der Waals surface area contributed by atoms with E-state index in [0.29, 0.717) is 24.6 Å². The van der Waals surface area contributed by atoms with E-state index in [9.17, 15) is 8.42 Å². The number of nitrogens with two attached hydrogens (primary N) is 1. The quantitative estimate of drug-likeness (QED) is 0.387. The van der Waals surface area contributed by atoms with Crippen molar-refractivity contribution < 1.29 is 13.2 Å². The Balaban J connectivity index is 2.01. The zero-order chi connectivity index (χ0) is 22.4. The Bertz CT molecular complexity index is 1180. The second-order valence-corrected chi connectivity index (χ2v) is 9.73. The summed E-state index contributed by atoms with van der Waals surface area (Å²) in [6.07, 6.45) is 7.29. The van der Waals surface area contributed by atoms with Crippen LogP contribution in [0, 0.1) is 0 Å². The van der Waals surface area contributed by atoms with Gasteiger partial charge in [0.1, 0.15) is 5.76 Å². The zero-order valence-electron chi connectivity index (χ0n) is 18.0. The Hall–Kier alpha value is -2.61. The number of sulfone groups is 1. The number of nitrogens with one attached hydrogen (secondary N) is 2. The van der Waals surface area contributed by atoms with Crippen molar-refractivity contribution in [1.82, 2.24) is 10.3 Å². The first kappa shape index (κ1) is 23.1. The average Bonchev–Trinajstić information content (AvgIpc) is 3.10. The van der Waals surface area contributed by atoms with Crippen LogP contribution in [0.4, 0.5) is 0 Å². The lowest BCUT2D eigenvalue weighted by Gasteiger charge is -2.24. The van der Waals surface area contributed by atoms with Crippen LogP contribution in [0.3, 0.4) is 0 Å². The Labute approximate surface area is 184 Å². The number of ether oxygens (including phenoxy) is 1. The van der Waals surface area contributed by atoms with Crippen LogP contribution in [0.15, 0.2) is 47.9 Å². The lowest BCUT2D eigenvalue weighted by Crippen LogP contribution is -2.25. The molecule has 0 spiro atoms. The molecule has 1 aliphatic carbocycles. The number of benzene rings is 1. The van der Waals surface area contributed by atoms with Gasteiger partial charge in [0, 0.05) is 23.2 Å². The molecule has 0 fully saturated rings. The highest BCUT2D eigenvalue weighted by atomic mass is 32.2. The smallest absolute Gasteiger partial charge is 0.178 e. The fourth-order valence-corrected chi connectivity index (χ4v) is 4.83. The first-order valence-electron chi connectivity index (χ1n) is 10.5. The lowest BCUT2D eigenvalue weighted by molar-refractivity contribution is 0.266. The molecule has 1 aromatic carbocycles. The molecule has 0 aliphatic heterocycles. The van der Waals surface area contributed by atoms with E-state index >= 15 is 0 Å². The summed E-state index contributed by atoms with van der Waals surface area (Å²) in [6, 6.07) is 7.24. The standard InChI is InChI=1S/C24H31N3O3S/c1-4-8-20-17(3)27-24-22(30-14-7-13-26-16-25)12-11-21(23(20)24)18-9-6-10-19(15-18)31(28,29)5-2/h4,6,8-10,12,15,21,26-27H,1,3,5,7,11,13-14,16,25H2,2H3/b20-8+. The maximum atomic E-state index is 12.4. The lowest BCUT2D eigenvalue weighted by atomic mass is 9.83. The van der Waals surface area contributed by atoms with Crippen LogP contribution in [0.5, 0.6) is 0 Å². The van der Waals surface area contributed by atoms with Crippen LogP contribution >= 0.6 is 0 Å². The van der Waals surface area contributed by atoms with Gasteiger partial charge in [-0.1, -0.05) is 44.4 Å². The fraction of sp³-hybridized carbons (Fsp3) is 0.333. The Morgan fingerprint density at radius 3 is 2.90 bits per heavy atom. The van der Waals surface area contributed by atoms with Crippen LogP contribution in [-0.2, 0) is 14.6 Å². The van der Waals surface area contributed by atoms with Crippen molar-refractivity contribution in [3.8, 4) is 0 Å². The summed E-state index contributed by atoms with van der Waals surface area (Å²) < 4.78 is 30.9. The van der Waals surface area contributed by atoms with Gasteiger partial charge < -0.3 is 20.8 Å². The number of allylic oxidation sites excluding steroid dienone is 2. The van der Waals surface area contributed by atoms with Crippen LogP contribution in [0.2, 0.25) is 0 Å². The highest BCUT2D eigenvalue weighted by Gasteiger charge is 2.28. The number of H-pyrrole nitrogens is 1. The third-order valence-electron chi connectivity index (χ3n) is 5.48. The SMILES string of the molecule is C=C/C=c1/c2c([nH]c1=C)C(OCCCNCN)=CCC2c1cccc(S(=O)(=O)CC)c1. The van der Waals surface area contributed by atoms with Crippen LogP contribution in [0.1, 0.15) is 42.5 Å². The second-order valence-electron chi connectivity index (χ2n) is 7.45. The molecule has 0 saturated heterocycles. The van der Waals surface area contributed by atoms with Gasteiger partial charge >= 0.3 is 0 Å². The Kier molecular flexibility index (Phi) is 7.54. The first-order chi connectivity index (χ1) is 14.9. The number of hydrogen-bond acceptors (Lipinski definition) is 5. The zero-order valence-corrected chi connectivity index (χ0v) is 18.8. The maximum Gasteiger partial charge on any atom is 0.178 e. The Morgan fingerprint density at radius 2 is 2.19 bits per heavy atom. The molecule has 1 aromatic heterocycles. The minimum absolute atomic E-state index is 0.00814. The molecular formula is C24H31N3O3S. The van der Waals surface area contributed by atoms with Crippen molar-refractivity contribution in [2.24, 2.45) is 5.73 Å². The van der Waals surface area contributed by atoms with Gasteiger partial charge in [-0.05, 0) is 48.7 Å². The van der Waals surface area contributed by atoms with Crippen LogP contribution < -0.4 is 21.6 Å². The molecule has 1 atom stereocenters. The monoisotopic (exact) mass is 441 g/mol. The summed E-state index contributed by atoms with van der Waals surface area (Å²) in [6.45, 7) is 11.5. The third-order valence-corrected chi connectivity index (χ3v) is 7.21. The molecule has 6 nitrogen and oxygen atoms in total. The first-order valence-corrected chi connectivity index (χ1v) is 12.2.